The Morgan fingerprint density at radius 2 is 1.50 bits per heavy atom. The molecule has 5 nitrogen and oxygen atoms in total. The Morgan fingerprint density at radius 3 is 2.23 bits per heavy atom. The number of para-hydroxylation sites is 3. The summed E-state index contributed by atoms with van der Waals surface area (Å²) in [4.78, 5) is 16.9. The first-order chi connectivity index (χ1) is 14.8. The van der Waals surface area contributed by atoms with Gasteiger partial charge >= 0.3 is 0 Å². The van der Waals surface area contributed by atoms with Crippen molar-refractivity contribution >= 4 is 17.3 Å². The van der Waals surface area contributed by atoms with Crippen LogP contribution in [0.15, 0.2) is 103 Å². The normalized spacial score (nSPS) is 10.3. The molecule has 0 unspecified atom stereocenters. The molecular formula is C25H21N3O2. The zero-order chi connectivity index (χ0) is 20.6. The fraction of sp³-hybridized carbons (Fsp3) is 0.0400. The summed E-state index contributed by atoms with van der Waals surface area (Å²) < 4.78 is 5.89. The molecule has 0 saturated carbocycles. The number of anilines is 2. The molecule has 4 rings (SSSR count). The molecule has 0 aliphatic heterocycles. The fourth-order valence-corrected chi connectivity index (χ4v) is 2.89. The van der Waals surface area contributed by atoms with E-state index in [1.807, 2.05) is 72.8 Å². The number of carbonyl (C=O) groups is 1. The van der Waals surface area contributed by atoms with Gasteiger partial charge in [0, 0.05) is 6.54 Å². The van der Waals surface area contributed by atoms with Crippen LogP contribution >= 0.6 is 0 Å². The molecule has 0 spiro atoms. The summed E-state index contributed by atoms with van der Waals surface area (Å²) >= 11 is 0. The molecule has 1 aromatic heterocycles. The van der Waals surface area contributed by atoms with Gasteiger partial charge in [-0.15, -0.1) is 0 Å². The summed E-state index contributed by atoms with van der Waals surface area (Å²) in [5.74, 6) is 0.970. The number of pyridine rings is 1. The number of amides is 1. The number of carbonyl (C=O) groups excluding carboxylic acids is 1. The van der Waals surface area contributed by atoms with Crippen molar-refractivity contribution in [2.45, 2.75) is 6.54 Å². The summed E-state index contributed by atoms with van der Waals surface area (Å²) in [5, 5.41) is 6.18. The predicted octanol–water partition coefficient (Wildman–Crippen LogP) is 5.74. The molecule has 0 fully saturated rings. The Kier molecular flexibility index (Phi) is 6.01. The van der Waals surface area contributed by atoms with E-state index in [4.69, 9.17) is 4.74 Å². The first kappa shape index (κ1) is 19.2. The van der Waals surface area contributed by atoms with E-state index in [0.717, 1.165) is 5.69 Å². The van der Waals surface area contributed by atoms with E-state index in [9.17, 15) is 4.79 Å². The Labute approximate surface area is 175 Å². The molecule has 0 atom stereocenters. The predicted molar refractivity (Wildman–Crippen MR) is 119 cm³/mol. The minimum Gasteiger partial charge on any atom is -0.455 e. The maximum atomic E-state index is 12.7. The van der Waals surface area contributed by atoms with Gasteiger partial charge in [-0.3, -0.25) is 4.79 Å². The van der Waals surface area contributed by atoms with Crippen molar-refractivity contribution in [2.75, 3.05) is 10.6 Å². The fourth-order valence-electron chi connectivity index (χ4n) is 2.89. The van der Waals surface area contributed by atoms with Crippen molar-refractivity contribution in [3.63, 3.8) is 0 Å². The number of hydrogen-bond acceptors (Lipinski definition) is 4. The molecular weight excluding hydrogens is 374 g/mol. The number of nitrogens with zero attached hydrogens (tertiary/aromatic N) is 1. The number of ether oxygens (including phenoxy) is 1. The van der Waals surface area contributed by atoms with Gasteiger partial charge in [-0.1, -0.05) is 60.7 Å². The average molecular weight is 395 g/mol. The lowest BCUT2D eigenvalue weighted by Gasteiger charge is -2.12. The molecule has 5 heteroatoms. The summed E-state index contributed by atoms with van der Waals surface area (Å²) in [6.07, 6.45) is 1.66. The van der Waals surface area contributed by atoms with E-state index in [0.29, 0.717) is 29.4 Å². The van der Waals surface area contributed by atoms with E-state index < -0.39 is 0 Å². The zero-order valence-electron chi connectivity index (χ0n) is 16.3. The molecule has 0 aliphatic rings. The molecule has 0 bridgehead atoms. The molecule has 1 amide bonds. The van der Waals surface area contributed by atoms with E-state index in [1.165, 1.54) is 5.56 Å². The zero-order valence-corrected chi connectivity index (χ0v) is 16.3. The van der Waals surface area contributed by atoms with Gasteiger partial charge in [0.05, 0.1) is 17.6 Å². The highest BCUT2D eigenvalue weighted by atomic mass is 16.5. The summed E-state index contributed by atoms with van der Waals surface area (Å²) in [6, 6.07) is 30.4. The van der Waals surface area contributed by atoms with Crippen molar-refractivity contribution in [2.24, 2.45) is 0 Å². The Bertz CT molecular complexity index is 1100. The highest BCUT2D eigenvalue weighted by Crippen LogP contribution is 2.29. The van der Waals surface area contributed by atoms with Crippen LogP contribution in [-0.2, 0) is 6.54 Å². The molecule has 2 N–H and O–H groups in total. The topological polar surface area (TPSA) is 63.2 Å². The number of rotatable bonds is 7. The summed E-state index contributed by atoms with van der Waals surface area (Å²) in [5.41, 5.74) is 2.94. The molecule has 3 aromatic carbocycles. The van der Waals surface area contributed by atoms with Crippen LogP contribution in [0.4, 0.5) is 11.4 Å². The van der Waals surface area contributed by atoms with Crippen LogP contribution in [0.5, 0.6) is 11.5 Å². The van der Waals surface area contributed by atoms with E-state index >= 15 is 0 Å². The van der Waals surface area contributed by atoms with Gasteiger partial charge in [0.15, 0.2) is 5.75 Å². The molecule has 148 valence electrons. The largest absolute Gasteiger partial charge is 0.455 e. The summed E-state index contributed by atoms with van der Waals surface area (Å²) in [7, 11) is 0. The monoisotopic (exact) mass is 395 g/mol. The Balaban J connectivity index is 1.40. The minimum absolute atomic E-state index is 0.297. The van der Waals surface area contributed by atoms with Gasteiger partial charge in [-0.25, -0.2) is 4.98 Å². The van der Waals surface area contributed by atoms with Crippen LogP contribution in [0, 0.1) is 0 Å². The second kappa shape index (κ2) is 9.39. The highest BCUT2D eigenvalue weighted by molar-refractivity contribution is 6.03. The van der Waals surface area contributed by atoms with Crippen LogP contribution in [-0.4, -0.2) is 10.9 Å². The maximum Gasteiger partial charge on any atom is 0.274 e. The van der Waals surface area contributed by atoms with E-state index in [2.05, 4.69) is 27.8 Å². The van der Waals surface area contributed by atoms with Crippen LogP contribution in [0.1, 0.15) is 16.1 Å². The molecule has 1 heterocycles. The molecule has 0 aliphatic carbocycles. The van der Waals surface area contributed by atoms with Gasteiger partial charge in [0.2, 0.25) is 0 Å². The Hall–Kier alpha value is -4.12. The first-order valence-electron chi connectivity index (χ1n) is 9.65. The van der Waals surface area contributed by atoms with Crippen LogP contribution in [0.3, 0.4) is 0 Å². The van der Waals surface area contributed by atoms with Gasteiger partial charge < -0.3 is 15.4 Å². The molecule has 0 saturated heterocycles. The third-order valence-electron chi connectivity index (χ3n) is 4.44. The second-order valence-electron chi connectivity index (χ2n) is 6.64. The SMILES string of the molecule is O=C(Nc1ccccc1Oc1ccccc1)c1ccc(NCc2ccccc2)cn1. The minimum atomic E-state index is -0.297. The maximum absolute atomic E-state index is 12.7. The van der Waals surface area contributed by atoms with Crippen LogP contribution in [0.25, 0.3) is 0 Å². The van der Waals surface area contributed by atoms with Crippen molar-refractivity contribution in [3.05, 3.63) is 115 Å². The summed E-state index contributed by atoms with van der Waals surface area (Å²) in [6.45, 7) is 0.693. The molecule has 30 heavy (non-hydrogen) atoms. The van der Waals surface area contributed by atoms with Gasteiger partial charge in [0.1, 0.15) is 11.4 Å². The lowest BCUT2D eigenvalue weighted by molar-refractivity contribution is 0.102. The smallest absolute Gasteiger partial charge is 0.274 e. The number of benzene rings is 3. The number of nitrogens with one attached hydrogen (secondary N) is 2. The lowest BCUT2D eigenvalue weighted by Crippen LogP contribution is -2.14. The first-order valence-corrected chi connectivity index (χ1v) is 9.65. The van der Waals surface area contributed by atoms with Crippen molar-refractivity contribution < 1.29 is 9.53 Å². The quantitative estimate of drug-likeness (QED) is 0.419. The lowest BCUT2D eigenvalue weighted by atomic mass is 10.2. The number of hydrogen-bond donors (Lipinski definition) is 2. The van der Waals surface area contributed by atoms with E-state index in [1.54, 1.807) is 18.3 Å². The highest BCUT2D eigenvalue weighted by Gasteiger charge is 2.11. The van der Waals surface area contributed by atoms with Crippen LogP contribution in [0.2, 0.25) is 0 Å². The van der Waals surface area contributed by atoms with Gasteiger partial charge in [-0.2, -0.15) is 0 Å². The van der Waals surface area contributed by atoms with Crippen molar-refractivity contribution in [1.82, 2.24) is 4.98 Å². The molecule has 4 aromatic rings. The molecule has 0 radical (unpaired) electrons. The van der Waals surface area contributed by atoms with Crippen molar-refractivity contribution in [1.29, 1.82) is 0 Å². The Morgan fingerprint density at radius 1 is 0.800 bits per heavy atom. The third-order valence-corrected chi connectivity index (χ3v) is 4.44. The third kappa shape index (κ3) is 5.02. The standard InChI is InChI=1S/C25H21N3O2/c29-25(23-16-15-20(18-27-23)26-17-19-9-3-1-4-10-19)28-22-13-7-8-14-24(22)30-21-11-5-2-6-12-21/h1-16,18,26H,17H2,(H,28,29). The number of aromatic nitrogens is 1. The average Bonchev–Trinajstić information content (AvgIpc) is 2.81. The van der Waals surface area contributed by atoms with E-state index in [-0.39, 0.29) is 5.91 Å². The van der Waals surface area contributed by atoms with Crippen LogP contribution < -0.4 is 15.4 Å². The second-order valence-corrected chi connectivity index (χ2v) is 6.64. The van der Waals surface area contributed by atoms with Crippen molar-refractivity contribution in [3.8, 4) is 11.5 Å². The van der Waals surface area contributed by atoms with Gasteiger partial charge in [0.25, 0.3) is 5.91 Å². The van der Waals surface area contributed by atoms with Gasteiger partial charge in [-0.05, 0) is 42.0 Å².